The highest BCUT2D eigenvalue weighted by Gasteiger charge is 2.28. The molecule has 1 aliphatic carbocycles. The van der Waals surface area contributed by atoms with Crippen molar-refractivity contribution in [3.05, 3.63) is 59.7 Å². The molecule has 4 rings (SSSR count). The van der Waals surface area contributed by atoms with Crippen molar-refractivity contribution >= 4 is 11.6 Å². The third-order valence-electron chi connectivity index (χ3n) is 4.29. The summed E-state index contributed by atoms with van der Waals surface area (Å²) in [7, 11) is 1.65. The summed E-state index contributed by atoms with van der Waals surface area (Å²) in [5, 5.41) is 14.9. The molecule has 1 fully saturated rings. The lowest BCUT2D eigenvalue weighted by atomic mass is 10.1. The summed E-state index contributed by atoms with van der Waals surface area (Å²) in [4.78, 5) is 12.5. The first-order valence-corrected chi connectivity index (χ1v) is 8.52. The number of amides is 1. The van der Waals surface area contributed by atoms with Crippen LogP contribution in [0.3, 0.4) is 0 Å². The van der Waals surface area contributed by atoms with E-state index in [1.165, 1.54) is 0 Å². The Labute approximate surface area is 151 Å². The van der Waals surface area contributed by atoms with Crippen LogP contribution in [0.1, 0.15) is 34.8 Å². The third-order valence-corrected chi connectivity index (χ3v) is 4.29. The van der Waals surface area contributed by atoms with E-state index in [0.29, 0.717) is 23.9 Å². The quantitative estimate of drug-likeness (QED) is 0.739. The number of aromatic nitrogens is 4. The van der Waals surface area contributed by atoms with E-state index in [1.807, 2.05) is 41.1 Å². The molecule has 0 radical (unpaired) electrons. The maximum Gasteiger partial charge on any atom is 0.255 e. The second-order valence-electron chi connectivity index (χ2n) is 6.34. The average molecular weight is 349 g/mol. The number of anilines is 1. The predicted molar refractivity (Wildman–Crippen MR) is 96.6 cm³/mol. The van der Waals surface area contributed by atoms with E-state index in [4.69, 9.17) is 4.74 Å². The molecule has 1 aliphatic rings. The second kappa shape index (κ2) is 7.05. The number of methoxy groups -OCH3 is 1. The molecular formula is C19H19N5O2. The van der Waals surface area contributed by atoms with E-state index >= 15 is 0 Å². The van der Waals surface area contributed by atoms with Crippen molar-refractivity contribution in [2.24, 2.45) is 0 Å². The number of nitrogens with one attached hydrogen (secondary N) is 1. The van der Waals surface area contributed by atoms with Crippen LogP contribution in [0.5, 0.6) is 0 Å². The monoisotopic (exact) mass is 349 g/mol. The Kier molecular flexibility index (Phi) is 4.45. The Bertz CT molecular complexity index is 916. The first-order valence-electron chi connectivity index (χ1n) is 8.52. The van der Waals surface area contributed by atoms with Crippen molar-refractivity contribution in [2.45, 2.75) is 25.5 Å². The summed E-state index contributed by atoms with van der Waals surface area (Å²) >= 11 is 0. The third kappa shape index (κ3) is 3.48. The molecule has 1 N–H and O–H groups in total. The number of tetrazole rings is 1. The van der Waals surface area contributed by atoms with Gasteiger partial charge < -0.3 is 10.1 Å². The van der Waals surface area contributed by atoms with Crippen LogP contribution in [0.4, 0.5) is 5.69 Å². The molecule has 0 atom stereocenters. The Morgan fingerprint density at radius 1 is 1.23 bits per heavy atom. The van der Waals surface area contributed by atoms with Gasteiger partial charge in [0.2, 0.25) is 0 Å². The van der Waals surface area contributed by atoms with Crippen LogP contribution in [0.25, 0.3) is 11.4 Å². The highest BCUT2D eigenvalue weighted by molar-refractivity contribution is 6.04. The summed E-state index contributed by atoms with van der Waals surface area (Å²) in [6.07, 6.45) is 2.21. The Hall–Kier alpha value is -3.06. The summed E-state index contributed by atoms with van der Waals surface area (Å²) in [5.74, 6) is 0.570. The molecule has 2 aromatic carbocycles. The first kappa shape index (κ1) is 16.4. The molecule has 1 aromatic heterocycles. The maximum absolute atomic E-state index is 12.5. The molecule has 0 saturated heterocycles. The molecule has 7 heteroatoms. The number of nitrogens with zero attached hydrogens (tertiary/aromatic N) is 4. The Morgan fingerprint density at radius 2 is 2.04 bits per heavy atom. The smallest absolute Gasteiger partial charge is 0.255 e. The Morgan fingerprint density at radius 3 is 2.77 bits per heavy atom. The molecule has 132 valence electrons. The average Bonchev–Trinajstić information content (AvgIpc) is 3.39. The fraction of sp³-hybridized carbons (Fsp3) is 0.263. The second-order valence-corrected chi connectivity index (χ2v) is 6.34. The fourth-order valence-corrected chi connectivity index (χ4v) is 2.81. The number of ether oxygens (including phenoxy) is 1. The van der Waals surface area contributed by atoms with E-state index in [2.05, 4.69) is 20.8 Å². The molecule has 0 spiro atoms. The zero-order valence-electron chi connectivity index (χ0n) is 14.4. The van der Waals surface area contributed by atoms with Crippen molar-refractivity contribution in [3.63, 3.8) is 0 Å². The highest BCUT2D eigenvalue weighted by Crippen LogP contribution is 2.36. The van der Waals surface area contributed by atoms with Gasteiger partial charge in [-0.05, 0) is 53.1 Å². The highest BCUT2D eigenvalue weighted by atomic mass is 16.5. The van der Waals surface area contributed by atoms with Gasteiger partial charge in [0.1, 0.15) is 0 Å². The molecule has 1 amide bonds. The van der Waals surface area contributed by atoms with Gasteiger partial charge in [0.05, 0.1) is 12.6 Å². The van der Waals surface area contributed by atoms with Crippen molar-refractivity contribution in [1.29, 1.82) is 0 Å². The molecule has 1 heterocycles. The molecule has 26 heavy (non-hydrogen) atoms. The van der Waals surface area contributed by atoms with Crippen LogP contribution in [0.2, 0.25) is 0 Å². The molecule has 0 aliphatic heterocycles. The topological polar surface area (TPSA) is 81.9 Å². The number of benzene rings is 2. The number of rotatable bonds is 6. The van der Waals surface area contributed by atoms with Gasteiger partial charge in [-0.2, -0.15) is 0 Å². The van der Waals surface area contributed by atoms with Gasteiger partial charge in [0.25, 0.3) is 5.91 Å². The summed E-state index contributed by atoms with van der Waals surface area (Å²) in [6.45, 7) is 0.527. The van der Waals surface area contributed by atoms with Gasteiger partial charge in [-0.1, -0.05) is 24.3 Å². The predicted octanol–water partition coefficient (Wildman–Crippen LogP) is 3.07. The van der Waals surface area contributed by atoms with E-state index in [1.54, 1.807) is 19.2 Å². The van der Waals surface area contributed by atoms with Gasteiger partial charge in [0, 0.05) is 23.9 Å². The lowest BCUT2D eigenvalue weighted by molar-refractivity contribution is 0.102. The van der Waals surface area contributed by atoms with E-state index in [9.17, 15) is 4.79 Å². The van der Waals surface area contributed by atoms with Crippen molar-refractivity contribution in [3.8, 4) is 11.4 Å². The van der Waals surface area contributed by atoms with Crippen molar-refractivity contribution in [1.82, 2.24) is 20.2 Å². The normalized spacial score (nSPS) is 13.6. The zero-order valence-corrected chi connectivity index (χ0v) is 14.4. The summed E-state index contributed by atoms with van der Waals surface area (Å²) < 4.78 is 6.94. The number of hydrogen-bond donors (Lipinski definition) is 1. The summed E-state index contributed by atoms with van der Waals surface area (Å²) in [5.41, 5.74) is 3.21. The van der Waals surface area contributed by atoms with Gasteiger partial charge in [-0.25, -0.2) is 4.68 Å². The molecule has 7 nitrogen and oxygen atoms in total. The Balaban J connectivity index is 1.51. The van der Waals surface area contributed by atoms with Crippen molar-refractivity contribution < 1.29 is 9.53 Å². The fourth-order valence-electron chi connectivity index (χ4n) is 2.81. The SMILES string of the molecule is COCc1ccc(C(=O)Nc2cccc(-c3nnnn3C3CC3)c2)cc1. The van der Waals surface area contributed by atoms with Gasteiger partial charge in [-0.3, -0.25) is 4.79 Å². The van der Waals surface area contributed by atoms with Crippen molar-refractivity contribution in [2.75, 3.05) is 12.4 Å². The zero-order chi connectivity index (χ0) is 17.9. The molecular weight excluding hydrogens is 330 g/mol. The number of carbonyl (C=O) groups is 1. The summed E-state index contributed by atoms with van der Waals surface area (Å²) in [6, 6.07) is 15.3. The van der Waals surface area contributed by atoms with Gasteiger partial charge in [-0.15, -0.1) is 5.10 Å². The molecule has 3 aromatic rings. The van der Waals surface area contributed by atoms with E-state index < -0.39 is 0 Å². The van der Waals surface area contributed by atoms with Crippen LogP contribution in [0.15, 0.2) is 48.5 Å². The van der Waals surface area contributed by atoms with E-state index in [-0.39, 0.29) is 5.91 Å². The van der Waals surface area contributed by atoms with Crippen LogP contribution < -0.4 is 5.32 Å². The lowest BCUT2D eigenvalue weighted by Crippen LogP contribution is -2.12. The van der Waals surface area contributed by atoms with Crippen LogP contribution in [-0.2, 0) is 11.3 Å². The van der Waals surface area contributed by atoms with Gasteiger partial charge >= 0.3 is 0 Å². The number of carbonyl (C=O) groups excluding carboxylic acids is 1. The van der Waals surface area contributed by atoms with Gasteiger partial charge in [0.15, 0.2) is 5.82 Å². The van der Waals surface area contributed by atoms with E-state index in [0.717, 1.165) is 29.8 Å². The largest absolute Gasteiger partial charge is 0.380 e. The maximum atomic E-state index is 12.5. The minimum absolute atomic E-state index is 0.159. The van der Waals surface area contributed by atoms with Crippen LogP contribution >= 0.6 is 0 Å². The molecule has 0 unspecified atom stereocenters. The molecule has 1 saturated carbocycles. The number of hydrogen-bond acceptors (Lipinski definition) is 5. The van der Waals surface area contributed by atoms with Crippen LogP contribution in [0, 0.1) is 0 Å². The standard InChI is InChI=1S/C19H19N5O2/c1-26-12-13-5-7-14(8-6-13)19(25)20-16-4-2-3-15(11-16)18-21-22-23-24(18)17-9-10-17/h2-8,11,17H,9-10,12H2,1H3,(H,20,25). The molecule has 0 bridgehead atoms. The minimum Gasteiger partial charge on any atom is -0.380 e. The lowest BCUT2D eigenvalue weighted by Gasteiger charge is -2.08. The van der Waals surface area contributed by atoms with Crippen LogP contribution in [-0.4, -0.2) is 33.2 Å². The first-order chi connectivity index (χ1) is 12.7. The minimum atomic E-state index is -0.159.